The average Bonchev–Trinajstić information content (AvgIpc) is 2.43. The van der Waals surface area contributed by atoms with E-state index in [1.807, 2.05) is 6.92 Å². The van der Waals surface area contributed by atoms with E-state index in [4.69, 9.17) is 15.8 Å². The molecule has 0 unspecified atom stereocenters. The van der Waals surface area contributed by atoms with Crippen LogP contribution in [0, 0.1) is 6.92 Å². The van der Waals surface area contributed by atoms with E-state index >= 15 is 0 Å². The largest absolute Gasteiger partial charge is 0.395 e. The molecule has 0 atom stereocenters. The fourth-order valence-electron chi connectivity index (χ4n) is 2.43. The molecule has 1 fully saturated rings. The van der Waals surface area contributed by atoms with Crippen molar-refractivity contribution >= 4 is 11.6 Å². The lowest BCUT2D eigenvalue weighted by Crippen LogP contribution is -2.47. The van der Waals surface area contributed by atoms with Gasteiger partial charge in [0.05, 0.1) is 6.61 Å². The molecule has 2 rings (SSSR count). The minimum absolute atomic E-state index is 0.219. The van der Waals surface area contributed by atoms with Crippen LogP contribution in [0.1, 0.15) is 31.2 Å². The number of hydrogen-bond acceptors (Lipinski definition) is 6. The Morgan fingerprint density at radius 2 is 1.85 bits per heavy atom. The molecule has 1 aromatic heterocycles. The number of rotatable bonds is 4. The second-order valence-corrected chi connectivity index (χ2v) is 5.62. The van der Waals surface area contributed by atoms with Gasteiger partial charge in [0, 0.05) is 44.2 Å². The lowest BCUT2D eigenvalue weighted by molar-refractivity contribution is 0.188. The van der Waals surface area contributed by atoms with Gasteiger partial charge in [-0.25, -0.2) is 9.97 Å². The molecule has 1 aliphatic rings. The molecule has 1 aliphatic heterocycles. The van der Waals surface area contributed by atoms with E-state index in [9.17, 15) is 0 Å². The first-order valence-electron chi connectivity index (χ1n) is 7.25. The highest BCUT2D eigenvalue weighted by Crippen LogP contribution is 2.25. The summed E-state index contributed by atoms with van der Waals surface area (Å²) in [4.78, 5) is 13.6. The predicted molar refractivity (Wildman–Crippen MR) is 81.0 cm³/mol. The molecule has 6 nitrogen and oxygen atoms in total. The molecule has 0 bridgehead atoms. The lowest BCUT2D eigenvalue weighted by Gasteiger charge is -2.36. The monoisotopic (exact) mass is 279 g/mol. The van der Waals surface area contributed by atoms with Crippen LogP contribution in [0.15, 0.2) is 0 Å². The van der Waals surface area contributed by atoms with Crippen molar-refractivity contribution in [3.63, 3.8) is 0 Å². The van der Waals surface area contributed by atoms with E-state index in [0.717, 1.165) is 49.9 Å². The summed E-state index contributed by atoms with van der Waals surface area (Å²) in [6, 6.07) is 0. The van der Waals surface area contributed by atoms with Gasteiger partial charge in [0.15, 0.2) is 0 Å². The van der Waals surface area contributed by atoms with Crippen molar-refractivity contribution in [3.8, 4) is 0 Å². The Kier molecular flexibility index (Phi) is 4.77. The number of anilines is 2. The van der Waals surface area contributed by atoms with Gasteiger partial charge < -0.3 is 15.7 Å². The smallest absolute Gasteiger partial charge is 0.137 e. The Balaban J connectivity index is 2.17. The third kappa shape index (κ3) is 3.19. The van der Waals surface area contributed by atoms with Gasteiger partial charge in [0.2, 0.25) is 0 Å². The van der Waals surface area contributed by atoms with E-state index in [0.29, 0.717) is 5.82 Å². The number of nitrogens with two attached hydrogens (primary N) is 1. The molecule has 1 aromatic rings. The molecule has 2 heterocycles. The number of β-amino-alcohol motifs (C(OH)–C–C–N with tert-alkyl or cyclic N) is 1. The zero-order valence-corrected chi connectivity index (χ0v) is 12.6. The Bertz CT molecular complexity index is 455. The molecule has 0 spiro atoms. The van der Waals surface area contributed by atoms with Gasteiger partial charge in [-0.15, -0.1) is 0 Å². The highest BCUT2D eigenvalue weighted by Gasteiger charge is 2.21. The van der Waals surface area contributed by atoms with Gasteiger partial charge in [-0.3, -0.25) is 4.90 Å². The molecular weight excluding hydrogens is 254 g/mol. The van der Waals surface area contributed by atoms with Gasteiger partial charge in [-0.05, 0) is 6.92 Å². The summed E-state index contributed by atoms with van der Waals surface area (Å²) < 4.78 is 0. The topological polar surface area (TPSA) is 78.5 Å². The van der Waals surface area contributed by atoms with Crippen molar-refractivity contribution in [2.75, 3.05) is 50.0 Å². The molecule has 3 N–H and O–H groups in total. The Hall–Kier alpha value is -1.40. The van der Waals surface area contributed by atoms with Gasteiger partial charge in [-0.2, -0.15) is 0 Å². The standard InChI is InChI=1S/C14H25N5O/c1-10(2)13-16-12(15)11(3)14(17-13)19-6-4-18(5-7-19)8-9-20/h10,20H,4-9H2,1-3H3,(H2,15,16,17). The van der Waals surface area contributed by atoms with Crippen LogP contribution in [0.2, 0.25) is 0 Å². The van der Waals surface area contributed by atoms with E-state index in [1.54, 1.807) is 0 Å². The summed E-state index contributed by atoms with van der Waals surface area (Å²) in [6.07, 6.45) is 0. The molecule has 20 heavy (non-hydrogen) atoms. The maximum Gasteiger partial charge on any atom is 0.137 e. The molecular formula is C14H25N5O. The predicted octanol–water partition coefficient (Wildman–Crippen LogP) is 0.605. The molecule has 0 amide bonds. The van der Waals surface area contributed by atoms with E-state index in [2.05, 4.69) is 28.6 Å². The first-order chi connectivity index (χ1) is 9.52. The summed E-state index contributed by atoms with van der Waals surface area (Å²) >= 11 is 0. The average molecular weight is 279 g/mol. The van der Waals surface area contributed by atoms with Crippen LogP contribution >= 0.6 is 0 Å². The number of aliphatic hydroxyl groups is 1. The Morgan fingerprint density at radius 1 is 1.20 bits per heavy atom. The van der Waals surface area contributed by atoms with Crippen molar-refractivity contribution < 1.29 is 5.11 Å². The second kappa shape index (κ2) is 6.37. The number of nitrogens with zero attached hydrogens (tertiary/aromatic N) is 4. The van der Waals surface area contributed by atoms with Crippen molar-refractivity contribution in [2.24, 2.45) is 0 Å². The van der Waals surface area contributed by atoms with Crippen LogP contribution in [-0.2, 0) is 0 Å². The number of aliphatic hydroxyl groups excluding tert-OH is 1. The maximum absolute atomic E-state index is 8.99. The van der Waals surface area contributed by atoms with Crippen molar-refractivity contribution in [1.29, 1.82) is 0 Å². The first-order valence-corrected chi connectivity index (χ1v) is 7.25. The van der Waals surface area contributed by atoms with Crippen LogP contribution in [-0.4, -0.2) is 59.3 Å². The third-order valence-corrected chi connectivity index (χ3v) is 3.78. The normalized spacial score (nSPS) is 16.9. The van der Waals surface area contributed by atoms with Crippen molar-refractivity contribution in [3.05, 3.63) is 11.4 Å². The minimum Gasteiger partial charge on any atom is -0.395 e. The molecule has 0 radical (unpaired) electrons. The molecule has 0 aromatic carbocycles. The third-order valence-electron chi connectivity index (χ3n) is 3.78. The lowest BCUT2D eigenvalue weighted by atomic mass is 10.2. The zero-order chi connectivity index (χ0) is 14.7. The summed E-state index contributed by atoms with van der Waals surface area (Å²) in [7, 11) is 0. The highest BCUT2D eigenvalue weighted by molar-refractivity contribution is 5.56. The second-order valence-electron chi connectivity index (χ2n) is 5.62. The van der Waals surface area contributed by atoms with E-state index in [-0.39, 0.29) is 12.5 Å². The number of aromatic nitrogens is 2. The zero-order valence-electron chi connectivity index (χ0n) is 12.6. The highest BCUT2D eigenvalue weighted by atomic mass is 16.3. The first kappa shape index (κ1) is 15.0. The minimum atomic E-state index is 0.219. The molecule has 1 saturated heterocycles. The number of piperazine rings is 1. The van der Waals surface area contributed by atoms with Crippen LogP contribution < -0.4 is 10.6 Å². The summed E-state index contributed by atoms with van der Waals surface area (Å²) in [6.45, 7) is 10.8. The van der Waals surface area contributed by atoms with E-state index < -0.39 is 0 Å². The van der Waals surface area contributed by atoms with Gasteiger partial charge in [0.25, 0.3) is 0 Å². The van der Waals surface area contributed by atoms with Crippen molar-refractivity contribution in [1.82, 2.24) is 14.9 Å². The quantitative estimate of drug-likeness (QED) is 0.840. The molecule has 112 valence electrons. The molecule has 6 heteroatoms. The Morgan fingerprint density at radius 3 is 2.40 bits per heavy atom. The summed E-state index contributed by atoms with van der Waals surface area (Å²) in [5.41, 5.74) is 6.98. The number of hydrogen-bond donors (Lipinski definition) is 2. The fourth-order valence-corrected chi connectivity index (χ4v) is 2.43. The SMILES string of the molecule is Cc1c(N)nc(C(C)C)nc1N1CCN(CCO)CC1. The van der Waals surface area contributed by atoms with Crippen LogP contribution in [0.25, 0.3) is 0 Å². The molecule has 0 saturated carbocycles. The van der Waals surface area contributed by atoms with Crippen LogP contribution in [0.3, 0.4) is 0 Å². The van der Waals surface area contributed by atoms with Crippen LogP contribution in [0.5, 0.6) is 0 Å². The van der Waals surface area contributed by atoms with Crippen molar-refractivity contribution in [2.45, 2.75) is 26.7 Å². The summed E-state index contributed by atoms with van der Waals surface area (Å²) in [5, 5.41) is 8.99. The fraction of sp³-hybridized carbons (Fsp3) is 0.714. The van der Waals surface area contributed by atoms with Gasteiger partial charge in [-0.1, -0.05) is 13.8 Å². The summed E-state index contributed by atoms with van der Waals surface area (Å²) in [5.74, 6) is 2.62. The Labute approximate surface area is 120 Å². The maximum atomic E-state index is 8.99. The van der Waals surface area contributed by atoms with Crippen LogP contribution in [0.4, 0.5) is 11.6 Å². The van der Waals surface area contributed by atoms with Gasteiger partial charge in [0.1, 0.15) is 17.5 Å². The molecule has 0 aliphatic carbocycles. The van der Waals surface area contributed by atoms with Gasteiger partial charge >= 0.3 is 0 Å². The van der Waals surface area contributed by atoms with E-state index in [1.165, 1.54) is 0 Å². The number of nitrogen functional groups attached to an aromatic ring is 1.